The number of hydrogen-bond acceptors (Lipinski definition) is 4. The molecule has 0 amide bonds. The fraction of sp³-hybridized carbons (Fsp3) is 0.0182. The van der Waals surface area contributed by atoms with Crippen LogP contribution >= 0.6 is 0 Å². The minimum atomic E-state index is -0.338. The maximum Gasteiger partial charge on any atom is 0.159 e. The van der Waals surface area contributed by atoms with Crippen LogP contribution in [0.15, 0.2) is 221 Å². The highest BCUT2D eigenvalue weighted by atomic mass is 16.3. The molecule has 0 bridgehead atoms. The molecular formula is C55H36N4O. The van der Waals surface area contributed by atoms with Crippen LogP contribution in [0.5, 0.6) is 0 Å². The number of aromatic nitrogens is 1. The highest BCUT2D eigenvalue weighted by Crippen LogP contribution is 2.42. The van der Waals surface area contributed by atoms with Crippen LogP contribution in [0.3, 0.4) is 0 Å². The maximum atomic E-state index is 6.74. The van der Waals surface area contributed by atoms with Gasteiger partial charge in [0.25, 0.3) is 0 Å². The van der Waals surface area contributed by atoms with Gasteiger partial charge in [-0.3, -0.25) is 0 Å². The Morgan fingerprint density at radius 1 is 0.450 bits per heavy atom. The molecule has 0 saturated carbocycles. The largest absolute Gasteiger partial charge is 0.455 e. The molecule has 3 heterocycles. The van der Waals surface area contributed by atoms with Crippen molar-refractivity contribution < 1.29 is 4.42 Å². The first-order valence-corrected chi connectivity index (χ1v) is 20.3. The summed E-state index contributed by atoms with van der Waals surface area (Å²) in [4.78, 5) is 10.6. The number of para-hydroxylation sites is 3. The topological polar surface area (TPSA) is 54.8 Å². The lowest BCUT2D eigenvalue weighted by atomic mass is 9.97. The van der Waals surface area contributed by atoms with Crippen molar-refractivity contribution in [1.82, 2.24) is 9.88 Å². The van der Waals surface area contributed by atoms with Crippen molar-refractivity contribution in [2.45, 2.75) is 6.17 Å². The van der Waals surface area contributed by atoms with E-state index in [1.807, 2.05) is 24.3 Å². The maximum absolute atomic E-state index is 6.74. The third-order valence-corrected chi connectivity index (χ3v) is 11.9. The second-order valence-electron chi connectivity index (χ2n) is 15.4. The fourth-order valence-corrected chi connectivity index (χ4v) is 8.94. The molecule has 0 radical (unpaired) electrons. The molecule has 11 aromatic rings. The van der Waals surface area contributed by atoms with Crippen LogP contribution in [0.1, 0.15) is 22.9 Å². The summed E-state index contributed by atoms with van der Waals surface area (Å²) in [5.74, 6) is 1.43. The molecule has 5 nitrogen and oxygen atoms in total. The van der Waals surface area contributed by atoms with Gasteiger partial charge in [-0.05, 0) is 69.9 Å². The minimum absolute atomic E-state index is 0.338. The van der Waals surface area contributed by atoms with Crippen molar-refractivity contribution in [3.8, 4) is 27.9 Å². The number of nitrogens with one attached hydrogen (secondary N) is 1. The van der Waals surface area contributed by atoms with E-state index in [-0.39, 0.29) is 6.17 Å². The predicted molar refractivity (Wildman–Crippen MR) is 248 cm³/mol. The lowest BCUT2D eigenvalue weighted by Gasteiger charge is -2.24. The molecule has 0 aliphatic carbocycles. The van der Waals surface area contributed by atoms with Crippen molar-refractivity contribution >= 4 is 66.2 Å². The zero-order valence-electron chi connectivity index (χ0n) is 32.5. The molecule has 5 heteroatoms. The normalized spacial score (nSPS) is 14.2. The monoisotopic (exact) mass is 768 g/mol. The SMILES string of the molecule is c1ccc(-c2ccc(C3=NC(c4ccc(-n5c6ccccc6c6cc7ccccc7cc65)c(-c5cccc6c5oc5ccccc56)c4)=NC(c4ccccc4)N3)cc2)cc1. The summed E-state index contributed by atoms with van der Waals surface area (Å²) >= 11 is 0. The summed E-state index contributed by atoms with van der Waals surface area (Å²) in [7, 11) is 0. The Balaban J connectivity index is 1.09. The highest BCUT2D eigenvalue weighted by Gasteiger charge is 2.24. The van der Waals surface area contributed by atoms with E-state index >= 15 is 0 Å². The lowest BCUT2D eigenvalue weighted by molar-refractivity contribution is 0.670. The number of nitrogens with zero attached hydrogens (tertiary/aromatic N) is 3. The molecule has 0 fully saturated rings. The van der Waals surface area contributed by atoms with Crippen molar-refractivity contribution in [3.05, 3.63) is 223 Å². The number of aliphatic imine (C=N–C) groups is 2. The molecule has 282 valence electrons. The molecule has 60 heavy (non-hydrogen) atoms. The third kappa shape index (κ3) is 5.63. The van der Waals surface area contributed by atoms with E-state index in [2.05, 4.69) is 192 Å². The van der Waals surface area contributed by atoms with E-state index < -0.39 is 0 Å². The van der Waals surface area contributed by atoms with Crippen LogP contribution < -0.4 is 5.32 Å². The molecule has 1 unspecified atom stereocenters. The van der Waals surface area contributed by atoms with Gasteiger partial charge in [0.05, 0.1) is 16.7 Å². The van der Waals surface area contributed by atoms with Crippen LogP contribution in [-0.4, -0.2) is 16.2 Å². The molecule has 1 aliphatic rings. The molecular weight excluding hydrogens is 733 g/mol. The number of hydrogen-bond donors (Lipinski definition) is 1. The summed E-state index contributed by atoms with van der Waals surface area (Å²) in [5, 5.41) is 10.7. The average molecular weight is 769 g/mol. The molecule has 1 aliphatic heterocycles. The van der Waals surface area contributed by atoms with Crippen LogP contribution in [0.2, 0.25) is 0 Å². The number of rotatable bonds is 6. The van der Waals surface area contributed by atoms with Gasteiger partial charge < -0.3 is 14.3 Å². The number of furan rings is 1. The molecule has 0 spiro atoms. The van der Waals surface area contributed by atoms with Gasteiger partial charge in [0.2, 0.25) is 0 Å². The van der Waals surface area contributed by atoms with Gasteiger partial charge in [0.15, 0.2) is 5.84 Å². The van der Waals surface area contributed by atoms with Gasteiger partial charge in [-0.15, -0.1) is 0 Å². The zero-order chi connectivity index (χ0) is 39.6. The highest BCUT2D eigenvalue weighted by molar-refractivity contribution is 6.17. The summed E-state index contributed by atoms with van der Waals surface area (Å²) in [6, 6.07) is 72.8. The molecule has 12 rings (SSSR count). The quantitative estimate of drug-likeness (QED) is 0.183. The number of fused-ring (bicyclic) bond motifs is 7. The van der Waals surface area contributed by atoms with Crippen LogP contribution in [0.25, 0.3) is 82.5 Å². The van der Waals surface area contributed by atoms with Crippen molar-refractivity contribution in [2.24, 2.45) is 9.98 Å². The summed E-state index contributed by atoms with van der Waals surface area (Å²) in [6.45, 7) is 0. The van der Waals surface area contributed by atoms with E-state index in [1.165, 1.54) is 27.1 Å². The number of amidine groups is 2. The second-order valence-corrected chi connectivity index (χ2v) is 15.4. The van der Waals surface area contributed by atoms with Gasteiger partial charge in [-0.25, -0.2) is 9.98 Å². The Labute approximate surface area is 346 Å². The van der Waals surface area contributed by atoms with Gasteiger partial charge in [-0.1, -0.05) is 164 Å². The second kappa shape index (κ2) is 13.8. The van der Waals surface area contributed by atoms with Gasteiger partial charge >= 0.3 is 0 Å². The summed E-state index contributed by atoms with van der Waals surface area (Å²) in [6.07, 6.45) is -0.338. The Bertz CT molecular complexity index is 3510. The summed E-state index contributed by atoms with van der Waals surface area (Å²) in [5.41, 5.74) is 12.3. The molecule has 1 atom stereocenters. The molecule has 0 saturated heterocycles. The van der Waals surface area contributed by atoms with E-state index in [1.54, 1.807) is 0 Å². The Morgan fingerprint density at radius 2 is 1.10 bits per heavy atom. The lowest BCUT2D eigenvalue weighted by Crippen LogP contribution is -2.33. The van der Waals surface area contributed by atoms with E-state index in [9.17, 15) is 0 Å². The van der Waals surface area contributed by atoms with E-state index in [0.29, 0.717) is 5.84 Å². The average Bonchev–Trinajstić information content (AvgIpc) is 3.86. The first-order chi connectivity index (χ1) is 29.7. The van der Waals surface area contributed by atoms with Crippen molar-refractivity contribution in [2.75, 3.05) is 0 Å². The Kier molecular flexibility index (Phi) is 7.85. The predicted octanol–water partition coefficient (Wildman–Crippen LogP) is 13.7. The number of benzene rings is 9. The van der Waals surface area contributed by atoms with Gasteiger partial charge in [0, 0.05) is 43.8 Å². The van der Waals surface area contributed by atoms with Crippen LogP contribution in [0.4, 0.5) is 0 Å². The van der Waals surface area contributed by atoms with E-state index in [4.69, 9.17) is 14.4 Å². The summed E-state index contributed by atoms with van der Waals surface area (Å²) < 4.78 is 9.16. The smallest absolute Gasteiger partial charge is 0.159 e. The molecule has 1 N–H and O–H groups in total. The van der Waals surface area contributed by atoms with Gasteiger partial charge in [-0.2, -0.15) is 0 Å². The van der Waals surface area contributed by atoms with Crippen LogP contribution in [0, 0.1) is 0 Å². The first-order valence-electron chi connectivity index (χ1n) is 20.3. The van der Waals surface area contributed by atoms with E-state index in [0.717, 1.165) is 77.9 Å². The minimum Gasteiger partial charge on any atom is -0.455 e. The van der Waals surface area contributed by atoms with Crippen molar-refractivity contribution in [1.29, 1.82) is 0 Å². The molecule has 2 aromatic heterocycles. The van der Waals surface area contributed by atoms with Crippen molar-refractivity contribution in [3.63, 3.8) is 0 Å². The fourth-order valence-electron chi connectivity index (χ4n) is 8.94. The van der Waals surface area contributed by atoms with Crippen LogP contribution in [-0.2, 0) is 0 Å². The van der Waals surface area contributed by atoms with Gasteiger partial charge in [0.1, 0.15) is 23.2 Å². The zero-order valence-corrected chi connectivity index (χ0v) is 32.5. The first kappa shape index (κ1) is 34.1. The third-order valence-electron chi connectivity index (χ3n) is 11.9. The Morgan fingerprint density at radius 3 is 1.93 bits per heavy atom. The molecule has 9 aromatic carbocycles. The Hall–Kier alpha value is -8.02. The standard InChI is InChI=1S/C55H36N4O/c1-3-14-35(15-4-1)36-26-28-38(29-27-36)54-56-53(37-16-5-2-6-17-37)57-55(58-54)41-30-31-49(47(33-41)45-23-13-22-44-43-21-10-12-25-51(43)60-52(44)45)59-48-24-11-9-20-42(48)46-32-39-18-7-8-19-40(39)34-50(46)59/h1-34,53H,(H,56,57,58).